The number of hydrogen-bond donors (Lipinski definition) is 2. The Labute approximate surface area is 105 Å². The molecule has 88 valence electrons. The molecule has 0 radical (unpaired) electrons. The van der Waals surface area contributed by atoms with Gasteiger partial charge in [0.15, 0.2) is 0 Å². The lowest BCUT2D eigenvalue weighted by Crippen LogP contribution is -2.01. The monoisotopic (exact) mass is 248 g/mol. The lowest BCUT2D eigenvalue weighted by Gasteiger charge is -2.09. The zero-order chi connectivity index (χ0) is 12.6. The molecule has 0 spiro atoms. The third-order valence-corrected chi connectivity index (χ3v) is 2.95. The Morgan fingerprint density at radius 1 is 1.00 bits per heavy atom. The summed E-state index contributed by atoms with van der Waals surface area (Å²) in [5.41, 5.74) is 14.9. The average molecular weight is 249 g/mol. The Hall–Kier alpha value is -1.81. The predicted molar refractivity (Wildman–Crippen MR) is 70.8 cm³/mol. The molecule has 0 amide bonds. The fraction of sp³-hybridized carbons (Fsp3) is 0.167. The molecule has 0 bridgehead atoms. The second-order valence-electron chi connectivity index (χ2n) is 3.95. The van der Waals surface area contributed by atoms with Gasteiger partial charge in [0.2, 0.25) is 5.95 Å². The predicted octanol–water partition coefficient (Wildman–Crippen LogP) is 2.58. The van der Waals surface area contributed by atoms with Gasteiger partial charge in [-0.15, -0.1) is 0 Å². The lowest BCUT2D eigenvalue weighted by molar-refractivity contribution is 1.19. The van der Waals surface area contributed by atoms with Gasteiger partial charge in [-0.1, -0.05) is 11.6 Å². The maximum absolute atomic E-state index is 6.05. The fourth-order valence-corrected chi connectivity index (χ4v) is 1.90. The number of nitrogen functional groups attached to an aromatic ring is 2. The van der Waals surface area contributed by atoms with Crippen LogP contribution >= 0.6 is 11.6 Å². The van der Waals surface area contributed by atoms with Crippen molar-refractivity contribution in [1.82, 2.24) is 9.97 Å². The van der Waals surface area contributed by atoms with Gasteiger partial charge in [-0.3, -0.25) is 0 Å². The lowest BCUT2D eigenvalue weighted by atomic mass is 10.0. The topological polar surface area (TPSA) is 77.8 Å². The van der Waals surface area contributed by atoms with Crippen molar-refractivity contribution >= 4 is 23.4 Å². The van der Waals surface area contributed by atoms with E-state index in [1.807, 2.05) is 26.0 Å². The van der Waals surface area contributed by atoms with Crippen LogP contribution in [0.1, 0.15) is 11.1 Å². The van der Waals surface area contributed by atoms with Crippen LogP contribution in [0, 0.1) is 13.8 Å². The molecule has 4 nitrogen and oxygen atoms in total. The van der Waals surface area contributed by atoms with Crippen LogP contribution < -0.4 is 11.5 Å². The zero-order valence-corrected chi connectivity index (χ0v) is 10.4. The summed E-state index contributed by atoms with van der Waals surface area (Å²) in [6.07, 6.45) is 0. The van der Waals surface area contributed by atoms with E-state index in [4.69, 9.17) is 23.1 Å². The van der Waals surface area contributed by atoms with Crippen LogP contribution in [0.5, 0.6) is 0 Å². The molecule has 17 heavy (non-hydrogen) atoms. The summed E-state index contributed by atoms with van der Waals surface area (Å²) in [7, 11) is 0. The summed E-state index contributed by atoms with van der Waals surface area (Å²) in [4.78, 5) is 8.03. The highest BCUT2D eigenvalue weighted by Gasteiger charge is 2.08. The Morgan fingerprint density at radius 3 is 2.35 bits per heavy atom. The molecule has 1 heterocycles. The van der Waals surface area contributed by atoms with Crippen molar-refractivity contribution in [3.05, 3.63) is 34.3 Å². The molecule has 0 saturated heterocycles. The van der Waals surface area contributed by atoms with E-state index < -0.39 is 0 Å². The first-order valence-electron chi connectivity index (χ1n) is 5.14. The van der Waals surface area contributed by atoms with Gasteiger partial charge in [0.1, 0.15) is 5.82 Å². The fourth-order valence-electron chi connectivity index (χ4n) is 1.68. The highest BCUT2D eigenvalue weighted by Crippen LogP contribution is 2.28. The summed E-state index contributed by atoms with van der Waals surface area (Å²) in [6, 6.07) is 5.58. The molecule has 0 aliphatic carbocycles. The Balaban J connectivity index is 2.64. The Morgan fingerprint density at radius 2 is 1.71 bits per heavy atom. The summed E-state index contributed by atoms with van der Waals surface area (Å²) in [5.74, 6) is 0.534. The van der Waals surface area contributed by atoms with Crippen LogP contribution in [0.25, 0.3) is 11.3 Å². The van der Waals surface area contributed by atoms with Gasteiger partial charge in [-0.25, -0.2) is 4.98 Å². The van der Waals surface area contributed by atoms with Crippen LogP contribution in [-0.4, -0.2) is 9.97 Å². The molecule has 2 rings (SSSR count). The molecule has 2 aromatic rings. The molecular formula is C12H13ClN4. The second-order valence-corrected chi connectivity index (χ2v) is 4.36. The van der Waals surface area contributed by atoms with E-state index in [2.05, 4.69) is 9.97 Å². The number of halogens is 1. The summed E-state index contributed by atoms with van der Waals surface area (Å²) < 4.78 is 0. The van der Waals surface area contributed by atoms with Gasteiger partial charge < -0.3 is 11.5 Å². The molecule has 0 unspecified atom stereocenters. The van der Waals surface area contributed by atoms with E-state index in [9.17, 15) is 0 Å². The smallest absolute Gasteiger partial charge is 0.222 e. The van der Waals surface area contributed by atoms with E-state index in [1.54, 1.807) is 6.07 Å². The van der Waals surface area contributed by atoms with Crippen molar-refractivity contribution < 1.29 is 0 Å². The molecule has 5 heteroatoms. The highest BCUT2D eigenvalue weighted by atomic mass is 35.5. The molecule has 0 saturated carbocycles. The molecule has 1 aromatic carbocycles. The number of nitrogens with zero attached hydrogens (tertiary/aromatic N) is 2. The van der Waals surface area contributed by atoms with Crippen molar-refractivity contribution in [3.8, 4) is 11.3 Å². The van der Waals surface area contributed by atoms with Gasteiger partial charge in [0.25, 0.3) is 0 Å². The number of aromatic nitrogens is 2. The number of aryl methyl sites for hydroxylation is 2. The van der Waals surface area contributed by atoms with Crippen LogP contribution in [0.4, 0.5) is 11.8 Å². The highest BCUT2D eigenvalue weighted by molar-refractivity contribution is 6.31. The normalized spacial score (nSPS) is 10.5. The van der Waals surface area contributed by atoms with Crippen LogP contribution in [0.3, 0.4) is 0 Å². The van der Waals surface area contributed by atoms with Crippen LogP contribution in [0.2, 0.25) is 5.02 Å². The first kappa shape index (κ1) is 11.7. The van der Waals surface area contributed by atoms with Crippen LogP contribution in [-0.2, 0) is 0 Å². The average Bonchev–Trinajstić information content (AvgIpc) is 2.22. The minimum atomic E-state index is 0.173. The molecular weight excluding hydrogens is 236 g/mol. The third kappa shape index (κ3) is 2.31. The number of nitrogens with two attached hydrogens (primary N) is 2. The quantitative estimate of drug-likeness (QED) is 0.813. The van der Waals surface area contributed by atoms with Crippen molar-refractivity contribution in [2.75, 3.05) is 11.5 Å². The molecule has 4 N–H and O–H groups in total. The Kier molecular flexibility index (Phi) is 2.90. The largest absolute Gasteiger partial charge is 0.384 e. The van der Waals surface area contributed by atoms with Gasteiger partial charge >= 0.3 is 0 Å². The van der Waals surface area contributed by atoms with Crippen molar-refractivity contribution in [3.63, 3.8) is 0 Å². The molecule has 0 atom stereocenters. The van der Waals surface area contributed by atoms with Crippen LogP contribution in [0.15, 0.2) is 18.2 Å². The minimum Gasteiger partial charge on any atom is -0.384 e. The summed E-state index contributed by atoms with van der Waals surface area (Å²) in [5, 5.41) is 0.737. The minimum absolute atomic E-state index is 0.173. The number of hydrogen-bond acceptors (Lipinski definition) is 4. The number of anilines is 2. The number of benzene rings is 1. The van der Waals surface area contributed by atoms with E-state index in [-0.39, 0.29) is 5.95 Å². The van der Waals surface area contributed by atoms with Crippen molar-refractivity contribution in [2.45, 2.75) is 13.8 Å². The Bertz CT molecular complexity index is 561. The van der Waals surface area contributed by atoms with Crippen molar-refractivity contribution in [1.29, 1.82) is 0 Å². The maximum atomic E-state index is 6.05. The molecule has 0 fully saturated rings. The first-order chi connectivity index (χ1) is 7.97. The van der Waals surface area contributed by atoms with E-state index in [0.29, 0.717) is 11.5 Å². The van der Waals surface area contributed by atoms with E-state index in [0.717, 1.165) is 21.7 Å². The van der Waals surface area contributed by atoms with Gasteiger partial charge in [0, 0.05) is 16.7 Å². The molecule has 0 aliphatic heterocycles. The standard InChI is InChI=1S/C12H13ClN4/c1-6-4-9(13)7(2)3-8(6)10-5-11(14)17-12(15)16-10/h3-5H,1-2H3,(H4,14,15,16,17). The zero-order valence-electron chi connectivity index (χ0n) is 9.66. The summed E-state index contributed by atoms with van der Waals surface area (Å²) in [6.45, 7) is 3.91. The third-order valence-electron chi connectivity index (χ3n) is 2.54. The van der Waals surface area contributed by atoms with Gasteiger partial charge in [-0.2, -0.15) is 4.98 Å². The molecule has 1 aromatic heterocycles. The van der Waals surface area contributed by atoms with E-state index >= 15 is 0 Å². The second kappa shape index (κ2) is 4.22. The number of rotatable bonds is 1. The maximum Gasteiger partial charge on any atom is 0.222 e. The SMILES string of the molecule is Cc1cc(-c2cc(N)nc(N)n2)c(C)cc1Cl. The molecule has 0 aliphatic rings. The van der Waals surface area contributed by atoms with Gasteiger partial charge in [-0.05, 0) is 37.1 Å². The van der Waals surface area contributed by atoms with E-state index in [1.165, 1.54) is 0 Å². The first-order valence-corrected chi connectivity index (χ1v) is 5.52. The van der Waals surface area contributed by atoms with Crippen molar-refractivity contribution in [2.24, 2.45) is 0 Å². The van der Waals surface area contributed by atoms with Gasteiger partial charge in [0.05, 0.1) is 5.69 Å². The summed E-state index contributed by atoms with van der Waals surface area (Å²) >= 11 is 6.05.